The van der Waals surface area contributed by atoms with Gasteiger partial charge in [-0.1, -0.05) is 11.6 Å². The van der Waals surface area contributed by atoms with Crippen molar-refractivity contribution in [2.75, 3.05) is 11.9 Å². The van der Waals surface area contributed by atoms with E-state index < -0.39 is 11.7 Å². The van der Waals surface area contributed by atoms with E-state index in [2.05, 4.69) is 10.3 Å². The van der Waals surface area contributed by atoms with Crippen LogP contribution in [0.25, 0.3) is 0 Å². The Morgan fingerprint density at radius 1 is 1.29 bits per heavy atom. The van der Waals surface area contributed by atoms with Crippen LogP contribution < -0.4 is 5.32 Å². The fourth-order valence-electron chi connectivity index (χ4n) is 1.63. The molecular formula is C11H10ClF3N2. The molecule has 92 valence electrons. The lowest BCUT2D eigenvalue weighted by molar-refractivity contribution is -0.137. The highest BCUT2D eigenvalue weighted by Crippen LogP contribution is 2.36. The molecule has 2 nitrogen and oxygen atoms in total. The number of nitrogens with zero attached hydrogens (tertiary/aromatic N) is 1. The first-order valence-electron chi connectivity index (χ1n) is 5.14. The summed E-state index contributed by atoms with van der Waals surface area (Å²) in [6, 6.07) is 3.75. The Kier molecular flexibility index (Phi) is 3.28. The molecule has 0 unspecified atom stereocenters. The fourth-order valence-corrected chi connectivity index (χ4v) is 1.85. The topological polar surface area (TPSA) is 24.4 Å². The largest absolute Gasteiger partial charge is 0.417 e. The van der Waals surface area contributed by atoms with E-state index in [4.69, 9.17) is 11.6 Å². The minimum absolute atomic E-state index is 0.295. The maximum absolute atomic E-state index is 12.6. The maximum atomic E-state index is 12.6. The lowest BCUT2D eigenvalue weighted by atomic mass is 10.2. The number of rotatable bonds is 1. The van der Waals surface area contributed by atoms with E-state index in [0.717, 1.165) is 31.3 Å². The van der Waals surface area contributed by atoms with Gasteiger partial charge in [0.25, 0.3) is 0 Å². The Morgan fingerprint density at radius 2 is 2.06 bits per heavy atom. The summed E-state index contributed by atoms with van der Waals surface area (Å²) >= 11 is 5.52. The van der Waals surface area contributed by atoms with Gasteiger partial charge in [-0.2, -0.15) is 13.2 Å². The Bertz CT molecular complexity index is 455. The van der Waals surface area contributed by atoms with Crippen LogP contribution in [-0.4, -0.2) is 12.4 Å². The molecule has 0 spiro atoms. The van der Waals surface area contributed by atoms with E-state index in [9.17, 15) is 13.2 Å². The molecule has 0 saturated carbocycles. The highest BCUT2D eigenvalue weighted by atomic mass is 35.5. The van der Waals surface area contributed by atoms with Crippen molar-refractivity contribution in [2.24, 2.45) is 4.99 Å². The predicted molar refractivity (Wildman–Crippen MR) is 61.6 cm³/mol. The number of nitrogens with one attached hydrogen (secondary N) is 1. The smallest absolute Gasteiger partial charge is 0.344 e. The van der Waals surface area contributed by atoms with Gasteiger partial charge >= 0.3 is 6.18 Å². The standard InChI is InChI=1S/C11H10ClF3N2/c12-9-4-3-7(6-8(9)11(13,14)15)17-10-2-1-5-16-10/h3-4,6H,1-2,5H2,(H,16,17). The normalized spacial score (nSPS) is 15.9. The number of anilines is 1. The molecule has 0 radical (unpaired) electrons. The molecule has 1 aromatic carbocycles. The second kappa shape index (κ2) is 4.56. The first-order chi connectivity index (χ1) is 7.97. The Labute approximate surface area is 101 Å². The van der Waals surface area contributed by atoms with Crippen LogP contribution in [0.1, 0.15) is 18.4 Å². The highest BCUT2D eigenvalue weighted by Gasteiger charge is 2.33. The van der Waals surface area contributed by atoms with E-state index in [1.807, 2.05) is 0 Å². The van der Waals surface area contributed by atoms with Crippen LogP contribution in [0.3, 0.4) is 0 Å². The average molecular weight is 263 g/mol. The lowest BCUT2D eigenvalue weighted by Gasteiger charge is -2.12. The van der Waals surface area contributed by atoms with Gasteiger partial charge in [-0.15, -0.1) is 0 Å². The molecule has 0 aliphatic carbocycles. The third-order valence-electron chi connectivity index (χ3n) is 2.43. The molecule has 6 heteroatoms. The zero-order chi connectivity index (χ0) is 12.5. The molecule has 0 saturated heterocycles. The summed E-state index contributed by atoms with van der Waals surface area (Å²) in [5.74, 6) is 0.723. The minimum Gasteiger partial charge on any atom is -0.344 e. The molecule has 0 amide bonds. The van der Waals surface area contributed by atoms with E-state index >= 15 is 0 Å². The van der Waals surface area contributed by atoms with Crippen LogP contribution in [0.15, 0.2) is 23.2 Å². The highest BCUT2D eigenvalue weighted by molar-refractivity contribution is 6.31. The molecular weight excluding hydrogens is 253 g/mol. The molecule has 0 bridgehead atoms. The SMILES string of the molecule is FC(F)(F)c1cc(NC2=NCCC2)ccc1Cl. The first kappa shape index (κ1) is 12.2. The maximum Gasteiger partial charge on any atom is 0.417 e. The Hall–Kier alpha value is -1.23. The van der Waals surface area contributed by atoms with E-state index in [1.165, 1.54) is 12.1 Å². The summed E-state index contributed by atoms with van der Waals surface area (Å²) in [7, 11) is 0. The minimum atomic E-state index is -4.44. The van der Waals surface area contributed by atoms with Gasteiger partial charge in [0.15, 0.2) is 0 Å². The molecule has 0 atom stereocenters. The van der Waals surface area contributed by atoms with Crippen LogP contribution in [-0.2, 0) is 6.18 Å². The molecule has 2 rings (SSSR count). The summed E-state index contributed by atoms with van der Waals surface area (Å²) in [4.78, 5) is 4.14. The van der Waals surface area contributed by atoms with Crippen molar-refractivity contribution >= 4 is 23.1 Å². The van der Waals surface area contributed by atoms with E-state index in [-0.39, 0.29) is 5.02 Å². The van der Waals surface area contributed by atoms with Gasteiger partial charge in [-0.25, -0.2) is 0 Å². The fraction of sp³-hybridized carbons (Fsp3) is 0.364. The molecule has 17 heavy (non-hydrogen) atoms. The predicted octanol–water partition coefficient (Wildman–Crippen LogP) is 3.96. The van der Waals surface area contributed by atoms with E-state index in [0.29, 0.717) is 5.69 Å². The van der Waals surface area contributed by atoms with Crippen molar-refractivity contribution in [1.29, 1.82) is 0 Å². The molecule has 0 aromatic heterocycles. The first-order valence-corrected chi connectivity index (χ1v) is 5.52. The summed E-state index contributed by atoms with van der Waals surface area (Å²) in [6.07, 6.45) is -2.74. The van der Waals surface area contributed by atoms with Gasteiger partial charge in [0, 0.05) is 18.7 Å². The van der Waals surface area contributed by atoms with Crippen LogP contribution in [0, 0.1) is 0 Å². The molecule has 1 N–H and O–H groups in total. The second-order valence-corrected chi connectivity index (χ2v) is 4.16. The molecule has 1 aliphatic rings. The molecule has 1 heterocycles. The number of amidine groups is 1. The number of alkyl halides is 3. The summed E-state index contributed by atoms with van der Waals surface area (Å²) in [5.41, 5.74) is -0.467. The molecule has 1 aliphatic heterocycles. The number of halogens is 4. The summed E-state index contributed by atoms with van der Waals surface area (Å²) in [6.45, 7) is 0.724. The van der Waals surface area contributed by atoms with Crippen molar-refractivity contribution in [3.8, 4) is 0 Å². The van der Waals surface area contributed by atoms with Crippen LogP contribution in [0.4, 0.5) is 18.9 Å². The number of hydrogen-bond acceptors (Lipinski definition) is 2. The van der Waals surface area contributed by atoms with Crippen LogP contribution in [0.5, 0.6) is 0 Å². The van der Waals surface area contributed by atoms with Crippen molar-refractivity contribution in [3.63, 3.8) is 0 Å². The van der Waals surface area contributed by atoms with Crippen molar-refractivity contribution in [2.45, 2.75) is 19.0 Å². The van der Waals surface area contributed by atoms with Gasteiger partial charge in [0.1, 0.15) is 5.84 Å². The summed E-state index contributed by atoms with van der Waals surface area (Å²) < 4.78 is 37.8. The van der Waals surface area contributed by atoms with Gasteiger partial charge in [-0.3, -0.25) is 4.99 Å². The quantitative estimate of drug-likeness (QED) is 0.814. The van der Waals surface area contributed by atoms with Crippen LogP contribution >= 0.6 is 11.6 Å². The molecule has 1 aromatic rings. The van der Waals surface area contributed by atoms with Gasteiger partial charge < -0.3 is 5.32 Å². The average Bonchev–Trinajstić information content (AvgIpc) is 2.72. The van der Waals surface area contributed by atoms with Gasteiger partial charge in [0.05, 0.1) is 10.6 Å². The molecule has 0 fully saturated rings. The summed E-state index contributed by atoms with van der Waals surface area (Å²) in [5, 5.41) is 2.58. The van der Waals surface area contributed by atoms with Crippen molar-refractivity contribution in [3.05, 3.63) is 28.8 Å². The third kappa shape index (κ3) is 2.91. The monoisotopic (exact) mass is 262 g/mol. The Balaban J connectivity index is 2.24. The van der Waals surface area contributed by atoms with Gasteiger partial charge in [-0.05, 0) is 24.6 Å². The van der Waals surface area contributed by atoms with Crippen molar-refractivity contribution in [1.82, 2.24) is 0 Å². The number of benzene rings is 1. The van der Waals surface area contributed by atoms with E-state index in [1.54, 1.807) is 0 Å². The third-order valence-corrected chi connectivity index (χ3v) is 2.76. The Morgan fingerprint density at radius 3 is 2.65 bits per heavy atom. The van der Waals surface area contributed by atoms with Crippen molar-refractivity contribution < 1.29 is 13.2 Å². The number of aliphatic imine (C=N–C) groups is 1. The zero-order valence-electron chi connectivity index (χ0n) is 8.81. The van der Waals surface area contributed by atoms with Crippen LogP contribution in [0.2, 0.25) is 5.02 Å². The zero-order valence-corrected chi connectivity index (χ0v) is 9.57. The number of hydrogen-bond donors (Lipinski definition) is 1. The van der Waals surface area contributed by atoms with Gasteiger partial charge in [0.2, 0.25) is 0 Å². The second-order valence-electron chi connectivity index (χ2n) is 3.75. The lowest BCUT2D eigenvalue weighted by Crippen LogP contribution is -2.11.